The van der Waals surface area contributed by atoms with Gasteiger partial charge in [0.25, 0.3) is 10.0 Å². The number of piperidine rings is 1. The summed E-state index contributed by atoms with van der Waals surface area (Å²) >= 11 is 0. The predicted octanol–water partition coefficient (Wildman–Crippen LogP) is 0.822. The van der Waals surface area contributed by atoms with E-state index in [1.807, 2.05) is 0 Å². The molecule has 2 N–H and O–H groups in total. The van der Waals surface area contributed by atoms with Crippen molar-refractivity contribution in [3.8, 4) is 0 Å². The molecular formula is C13H14F3N3O4S. The Balaban J connectivity index is 2.19. The van der Waals surface area contributed by atoms with Crippen LogP contribution in [-0.4, -0.2) is 31.8 Å². The van der Waals surface area contributed by atoms with Gasteiger partial charge in [-0.05, 0) is 18.6 Å². The van der Waals surface area contributed by atoms with Crippen LogP contribution in [-0.2, 0) is 25.8 Å². The van der Waals surface area contributed by atoms with E-state index in [9.17, 15) is 31.2 Å². The van der Waals surface area contributed by atoms with E-state index in [0.717, 1.165) is 0 Å². The van der Waals surface area contributed by atoms with Crippen molar-refractivity contribution in [1.82, 2.24) is 15.0 Å². The lowest BCUT2D eigenvalue weighted by molar-refractivity contribution is -0.138. The molecule has 7 nitrogen and oxygen atoms in total. The third kappa shape index (κ3) is 3.83. The topological polar surface area (TPSA) is 105 Å². The fraction of sp³-hybridized carbons (Fsp3) is 0.462. The first-order valence-electron chi connectivity index (χ1n) is 6.81. The van der Waals surface area contributed by atoms with Crippen molar-refractivity contribution in [3.63, 3.8) is 0 Å². The van der Waals surface area contributed by atoms with Crippen LogP contribution in [0.5, 0.6) is 0 Å². The number of nitrogens with one attached hydrogen (secondary N) is 2. The Hall–Kier alpha value is -2.17. The third-order valence-corrected chi connectivity index (χ3v) is 4.91. The van der Waals surface area contributed by atoms with Gasteiger partial charge in [-0.2, -0.15) is 21.6 Å². The maximum atomic E-state index is 12.5. The van der Waals surface area contributed by atoms with Crippen molar-refractivity contribution in [3.05, 3.63) is 23.9 Å². The van der Waals surface area contributed by atoms with Crippen LogP contribution >= 0.6 is 0 Å². The number of hydrogen-bond acceptors (Lipinski definition) is 5. The van der Waals surface area contributed by atoms with Crippen LogP contribution in [0.4, 0.5) is 13.2 Å². The monoisotopic (exact) mass is 365 g/mol. The smallest absolute Gasteiger partial charge is 0.356 e. The van der Waals surface area contributed by atoms with Crippen LogP contribution in [0.1, 0.15) is 25.3 Å². The molecule has 132 valence electrons. The Morgan fingerprint density at radius 1 is 1.38 bits per heavy atom. The molecule has 0 aliphatic carbocycles. The molecule has 1 aromatic heterocycles. The maximum Gasteiger partial charge on any atom is 0.417 e. The molecular weight excluding hydrogens is 351 g/mol. The van der Waals surface area contributed by atoms with Crippen molar-refractivity contribution in [2.45, 2.75) is 31.0 Å². The van der Waals surface area contributed by atoms with Gasteiger partial charge in [0, 0.05) is 19.2 Å². The number of carbonyl (C=O) groups is 2. The molecule has 1 aliphatic heterocycles. The number of aromatic nitrogens is 1. The van der Waals surface area contributed by atoms with Gasteiger partial charge in [-0.15, -0.1) is 0 Å². The van der Waals surface area contributed by atoms with Crippen LogP contribution in [0, 0.1) is 5.41 Å². The molecule has 11 heteroatoms. The zero-order chi connectivity index (χ0) is 18.2. The largest absolute Gasteiger partial charge is 0.417 e. The van der Waals surface area contributed by atoms with Crippen LogP contribution in [0.3, 0.4) is 0 Å². The van der Waals surface area contributed by atoms with Crippen molar-refractivity contribution in [1.29, 1.82) is 0 Å². The second-order valence-electron chi connectivity index (χ2n) is 5.65. The highest BCUT2D eigenvalue weighted by Gasteiger charge is 2.40. The molecule has 0 radical (unpaired) electrons. The number of hydrogen-bond donors (Lipinski definition) is 2. The number of carbonyl (C=O) groups excluding carboxylic acids is 2. The molecule has 1 aromatic rings. The molecule has 1 aliphatic rings. The lowest BCUT2D eigenvalue weighted by Gasteiger charge is -2.31. The van der Waals surface area contributed by atoms with E-state index in [1.165, 1.54) is 6.92 Å². The minimum atomic E-state index is -4.65. The quantitative estimate of drug-likeness (QED) is 0.825. The molecule has 0 aromatic carbocycles. The zero-order valence-electron chi connectivity index (χ0n) is 12.5. The average Bonchev–Trinajstić information content (AvgIpc) is 2.46. The predicted molar refractivity (Wildman–Crippen MR) is 74.9 cm³/mol. The summed E-state index contributed by atoms with van der Waals surface area (Å²) in [7, 11) is -4.44. The Kier molecular flexibility index (Phi) is 4.57. The highest BCUT2D eigenvalue weighted by Crippen LogP contribution is 2.30. The number of rotatable bonds is 3. The molecule has 2 rings (SSSR count). The van der Waals surface area contributed by atoms with Crippen molar-refractivity contribution in [2.24, 2.45) is 5.41 Å². The van der Waals surface area contributed by atoms with Crippen LogP contribution in [0.25, 0.3) is 0 Å². The molecule has 2 heterocycles. The van der Waals surface area contributed by atoms with Crippen molar-refractivity contribution < 1.29 is 31.2 Å². The summed E-state index contributed by atoms with van der Waals surface area (Å²) in [5.41, 5.74) is -2.33. The van der Waals surface area contributed by atoms with E-state index in [4.69, 9.17) is 0 Å². The standard InChI is InChI=1S/C13H14F3N3O4S/c1-12(4-5-17-9(20)6-12)11(21)19-24(22,23)10-3-2-8(7-18-10)13(14,15)16/h2-3,7H,4-6H2,1H3,(H,17,20)(H,19,21). The van der Waals surface area contributed by atoms with Gasteiger partial charge in [-0.3, -0.25) is 9.59 Å². The number of alkyl halides is 3. The van der Waals surface area contributed by atoms with E-state index in [2.05, 4.69) is 10.3 Å². The second kappa shape index (κ2) is 6.04. The minimum absolute atomic E-state index is 0.186. The van der Waals surface area contributed by atoms with Gasteiger partial charge in [0.05, 0.1) is 11.0 Å². The van der Waals surface area contributed by atoms with Gasteiger partial charge in [0.1, 0.15) is 0 Å². The lowest BCUT2D eigenvalue weighted by Crippen LogP contribution is -2.49. The van der Waals surface area contributed by atoms with Gasteiger partial charge < -0.3 is 5.32 Å². The van der Waals surface area contributed by atoms with E-state index in [1.54, 1.807) is 4.72 Å². The van der Waals surface area contributed by atoms with E-state index in [-0.39, 0.29) is 25.3 Å². The SMILES string of the molecule is CC1(C(=O)NS(=O)(=O)c2ccc(C(F)(F)F)cn2)CCNC(=O)C1. The zero-order valence-corrected chi connectivity index (χ0v) is 13.3. The van der Waals surface area contributed by atoms with Gasteiger partial charge in [0.15, 0.2) is 5.03 Å². The summed E-state index contributed by atoms with van der Waals surface area (Å²) < 4.78 is 63.3. The van der Waals surface area contributed by atoms with E-state index < -0.39 is 38.1 Å². The summed E-state index contributed by atoms with van der Waals surface area (Å²) in [6, 6.07) is 1.22. The summed E-state index contributed by atoms with van der Waals surface area (Å²) in [6.07, 6.45) is -4.23. The van der Waals surface area contributed by atoms with Crippen LogP contribution in [0.15, 0.2) is 23.4 Å². The first-order chi connectivity index (χ1) is 10.9. The molecule has 1 atom stereocenters. The van der Waals surface area contributed by atoms with Gasteiger partial charge >= 0.3 is 6.18 Å². The normalized spacial score (nSPS) is 21.9. The fourth-order valence-corrected chi connectivity index (χ4v) is 3.22. The molecule has 1 saturated heterocycles. The van der Waals surface area contributed by atoms with E-state index in [0.29, 0.717) is 18.3 Å². The molecule has 1 unspecified atom stereocenters. The third-order valence-electron chi connectivity index (χ3n) is 3.66. The van der Waals surface area contributed by atoms with Gasteiger partial charge in [0.2, 0.25) is 11.8 Å². The Bertz CT molecular complexity index is 762. The highest BCUT2D eigenvalue weighted by atomic mass is 32.2. The average molecular weight is 365 g/mol. The molecule has 0 bridgehead atoms. The Morgan fingerprint density at radius 2 is 2.04 bits per heavy atom. The number of pyridine rings is 1. The number of halogens is 3. The Labute approximate surface area is 135 Å². The summed E-state index contributed by atoms with van der Waals surface area (Å²) in [5, 5.41) is 1.80. The lowest BCUT2D eigenvalue weighted by atomic mass is 9.80. The Morgan fingerprint density at radius 3 is 2.54 bits per heavy atom. The minimum Gasteiger partial charge on any atom is -0.356 e. The number of nitrogens with zero attached hydrogens (tertiary/aromatic N) is 1. The van der Waals surface area contributed by atoms with Gasteiger partial charge in [-0.25, -0.2) is 9.71 Å². The first kappa shape index (κ1) is 18.2. The fourth-order valence-electron chi connectivity index (χ4n) is 2.18. The summed E-state index contributed by atoms with van der Waals surface area (Å²) in [6.45, 7) is 1.66. The molecule has 0 saturated carbocycles. The molecule has 0 spiro atoms. The van der Waals surface area contributed by atoms with Crippen molar-refractivity contribution >= 4 is 21.8 Å². The van der Waals surface area contributed by atoms with Crippen LogP contribution in [0.2, 0.25) is 0 Å². The molecule has 1 fully saturated rings. The second-order valence-corrected chi connectivity index (χ2v) is 7.28. The van der Waals surface area contributed by atoms with E-state index >= 15 is 0 Å². The summed E-state index contributed by atoms with van der Waals surface area (Å²) in [5.74, 6) is -1.29. The highest BCUT2D eigenvalue weighted by molar-refractivity contribution is 7.90. The van der Waals surface area contributed by atoms with Gasteiger partial charge in [-0.1, -0.05) is 6.92 Å². The first-order valence-corrected chi connectivity index (χ1v) is 8.30. The summed E-state index contributed by atoms with van der Waals surface area (Å²) in [4.78, 5) is 26.8. The van der Waals surface area contributed by atoms with Crippen LogP contribution < -0.4 is 10.0 Å². The number of sulfonamides is 1. The number of amides is 2. The van der Waals surface area contributed by atoms with Crippen molar-refractivity contribution in [2.75, 3.05) is 6.54 Å². The molecule has 2 amide bonds. The maximum absolute atomic E-state index is 12.5. The molecule has 24 heavy (non-hydrogen) atoms.